The summed E-state index contributed by atoms with van der Waals surface area (Å²) < 4.78 is 0. The molecule has 0 bridgehead atoms. The first-order chi connectivity index (χ1) is 8.00. The fourth-order valence-corrected chi connectivity index (χ4v) is 1.77. The predicted molar refractivity (Wildman–Crippen MR) is 69.1 cm³/mol. The lowest BCUT2D eigenvalue weighted by molar-refractivity contribution is 0.0898. The molecule has 17 heavy (non-hydrogen) atoms. The maximum absolute atomic E-state index is 12.1. The molecule has 0 radical (unpaired) electrons. The second kappa shape index (κ2) is 5.82. The van der Waals surface area contributed by atoms with E-state index in [2.05, 4.69) is 5.32 Å². The van der Waals surface area contributed by atoms with Gasteiger partial charge >= 0.3 is 0 Å². The van der Waals surface area contributed by atoms with Crippen molar-refractivity contribution in [3.63, 3.8) is 0 Å². The van der Waals surface area contributed by atoms with Crippen molar-refractivity contribution in [1.29, 1.82) is 0 Å². The molecular formula is C14H21NO2. The van der Waals surface area contributed by atoms with Crippen LogP contribution in [0.4, 0.5) is 0 Å². The van der Waals surface area contributed by atoms with Crippen LogP contribution in [0.1, 0.15) is 43.1 Å². The molecule has 0 aliphatic carbocycles. The van der Waals surface area contributed by atoms with Crippen LogP contribution in [0.2, 0.25) is 0 Å². The summed E-state index contributed by atoms with van der Waals surface area (Å²) in [5.74, 6) is -0.0686. The van der Waals surface area contributed by atoms with Gasteiger partial charge in [0.15, 0.2) is 0 Å². The lowest BCUT2D eigenvalue weighted by atomic mass is 9.99. The van der Waals surface area contributed by atoms with E-state index < -0.39 is 0 Å². The van der Waals surface area contributed by atoms with Crippen LogP contribution in [-0.4, -0.2) is 23.2 Å². The minimum atomic E-state index is -0.382. The van der Waals surface area contributed by atoms with Gasteiger partial charge in [-0.15, -0.1) is 0 Å². The number of hydrogen-bond donors (Lipinski definition) is 2. The van der Waals surface area contributed by atoms with Crippen LogP contribution in [0.5, 0.6) is 0 Å². The Balaban J connectivity index is 2.83. The number of nitrogens with one attached hydrogen (secondary N) is 1. The van der Waals surface area contributed by atoms with Crippen LogP contribution in [0, 0.1) is 0 Å². The van der Waals surface area contributed by atoms with Crippen LogP contribution in [0.15, 0.2) is 24.3 Å². The molecular weight excluding hydrogens is 214 g/mol. The third-order valence-electron chi connectivity index (χ3n) is 2.83. The van der Waals surface area contributed by atoms with Crippen molar-refractivity contribution in [2.24, 2.45) is 0 Å². The molecule has 2 N–H and O–H groups in total. The van der Waals surface area contributed by atoms with Crippen LogP contribution in [0.25, 0.3) is 0 Å². The van der Waals surface area contributed by atoms with Gasteiger partial charge in [-0.2, -0.15) is 0 Å². The maximum Gasteiger partial charge on any atom is 0.251 e. The van der Waals surface area contributed by atoms with Gasteiger partial charge in [0, 0.05) is 17.7 Å². The van der Waals surface area contributed by atoms with Crippen molar-refractivity contribution >= 4 is 5.91 Å². The van der Waals surface area contributed by atoms with Gasteiger partial charge in [-0.05, 0) is 38.3 Å². The first-order valence-electron chi connectivity index (χ1n) is 6.01. The van der Waals surface area contributed by atoms with E-state index in [1.807, 2.05) is 45.0 Å². The molecule has 1 aromatic rings. The van der Waals surface area contributed by atoms with Gasteiger partial charge in [0.2, 0.25) is 0 Å². The molecule has 94 valence electrons. The number of carbonyl (C=O) groups is 1. The van der Waals surface area contributed by atoms with Crippen molar-refractivity contribution in [1.82, 2.24) is 5.32 Å². The van der Waals surface area contributed by atoms with E-state index in [4.69, 9.17) is 5.11 Å². The van der Waals surface area contributed by atoms with Crippen molar-refractivity contribution in [2.75, 3.05) is 6.61 Å². The third-order valence-corrected chi connectivity index (χ3v) is 2.83. The molecule has 0 spiro atoms. The van der Waals surface area contributed by atoms with E-state index in [0.717, 1.165) is 17.5 Å². The number of rotatable bonds is 5. The minimum Gasteiger partial charge on any atom is -0.396 e. The van der Waals surface area contributed by atoms with E-state index in [-0.39, 0.29) is 18.1 Å². The summed E-state index contributed by atoms with van der Waals surface area (Å²) in [6, 6.07) is 7.61. The molecule has 0 aromatic heterocycles. The summed E-state index contributed by atoms with van der Waals surface area (Å²) >= 11 is 0. The van der Waals surface area contributed by atoms with Gasteiger partial charge < -0.3 is 10.4 Å². The number of benzene rings is 1. The van der Waals surface area contributed by atoms with Crippen LogP contribution >= 0.6 is 0 Å². The molecule has 0 unspecified atom stereocenters. The highest BCUT2D eigenvalue weighted by Crippen LogP contribution is 2.13. The van der Waals surface area contributed by atoms with Gasteiger partial charge in [0.1, 0.15) is 0 Å². The second-order valence-electron chi connectivity index (χ2n) is 4.82. The highest BCUT2D eigenvalue weighted by Gasteiger charge is 2.21. The molecule has 0 atom stereocenters. The Morgan fingerprint density at radius 1 is 1.35 bits per heavy atom. The molecule has 1 rings (SSSR count). The Bertz CT molecular complexity index is 386. The summed E-state index contributed by atoms with van der Waals surface area (Å²) in [6.07, 6.45) is 1.39. The van der Waals surface area contributed by atoms with E-state index in [1.54, 1.807) is 0 Å². The normalized spacial score (nSPS) is 11.3. The molecule has 0 saturated heterocycles. The zero-order chi connectivity index (χ0) is 12.9. The largest absolute Gasteiger partial charge is 0.396 e. The van der Waals surface area contributed by atoms with Crippen LogP contribution in [0.3, 0.4) is 0 Å². The van der Waals surface area contributed by atoms with Gasteiger partial charge in [0.05, 0.1) is 0 Å². The molecule has 0 saturated carbocycles. The second-order valence-corrected chi connectivity index (χ2v) is 4.82. The minimum absolute atomic E-state index is 0.0686. The topological polar surface area (TPSA) is 49.3 Å². The zero-order valence-corrected chi connectivity index (χ0v) is 10.8. The predicted octanol–water partition coefficient (Wildman–Crippen LogP) is 2.14. The van der Waals surface area contributed by atoms with Gasteiger partial charge in [0.25, 0.3) is 5.91 Å². The molecule has 0 aliphatic heterocycles. The number of amides is 1. The highest BCUT2D eigenvalue weighted by atomic mass is 16.3. The average molecular weight is 235 g/mol. The highest BCUT2D eigenvalue weighted by molar-refractivity contribution is 5.96. The molecule has 0 fully saturated rings. The number of aryl methyl sites for hydroxylation is 1. The third kappa shape index (κ3) is 3.86. The maximum atomic E-state index is 12.1. The summed E-state index contributed by atoms with van der Waals surface area (Å²) in [7, 11) is 0. The number of carbonyl (C=O) groups excluding carboxylic acids is 1. The van der Waals surface area contributed by atoms with Crippen molar-refractivity contribution in [2.45, 2.75) is 39.2 Å². The number of aliphatic hydroxyl groups is 1. The Morgan fingerprint density at radius 3 is 2.59 bits per heavy atom. The lowest BCUT2D eigenvalue weighted by Crippen LogP contribution is -2.44. The molecule has 3 nitrogen and oxygen atoms in total. The standard InChI is InChI=1S/C14H21NO2/c1-4-11-7-5-6-8-12(11)13(17)15-14(2,3)9-10-16/h5-8,16H,4,9-10H2,1-3H3,(H,15,17). The Kier molecular flexibility index (Phi) is 4.70. The Labute approximate surface area is 103 Å². The lowest BCUT2D eigenvalue weighted by Gasteiger charge is -2.25. The van der Waals surface area contributed by atoms with Crippen molar-refractivity contribution in [3.05, 3.63) is 35.4 Å². The molecule has 3 heteroatoms. The van der Waals surface area contributed by atoms with E-state index in [9.17, 15) is 4.79 Å². The number of aliphatic hydroxyl groups excluding tert-OH is 1. The number of hydrogen-bond acceptors (Lipinski definition) is 2. The van der Waals surface area contributed by atoms with Crippen molar-refractivity contribution in [3.8, 4) is 0 Å². The zero-order valence-electron chi connectivity index (χ0n) is 10.8. The van der Waals surface area contributed by atoms with Gasteiger partial charge in [-0.25, -0.2) is 0 Å². The summed E-state index contributed by atoms with van der Waals surface area (Å²) in [5.41, 5.74) is 1.39. The average Bonchev–Trinajstić information content (AvgIpc) is 2.28. The Hall–Kier alpha value is -1.35. The summed E-state index contributed by atoms with van der Waals surface area (Å²) in [5, 5.41) is 11.9. The van der Waals surface area contributed by atoms with Gasteiger partial charge in [-0.3, -0.25) is 4.79 Å². The quantitative estimate of drug-likeness (QED) is 0.821. The van der Waals surface area contributed by atoms with Crippen LogP contribution < -0.4 is 5.32 Å². The fourth-order valence-electron chi connectivity index (χ4n) is 1.77. The summed E-state index contributed by atoms with van der Waals surface area (Å²) in [6.45, 7) is 5.93. The smallest absolute Gasteiger partial charge is 0.251 e. The van der Waals surface area contributed by atoms with E-state index in [0.29, 0.717) is 6.42 Å². The van der Waals surface area contributed by atoms with Gasteiger partial charge in [-0.1, -0.05) is 25.1 Å². The molecule has 1 amide bonds. The van der Waals surface area contributed by atoms with Crippen molar-refractivity contribution < 1.29 is 9.90 Å². The molecule has 1 aromatic carbocycles. The monoisotopic (exact) mass is 235 g/mol. The Morgan fingerprint density at radius 2 is 2.00 bits per heavy atom. The fraction of sp³-hybridized carbons (Fsp3) is 0.500. The molecule has 0 aliphatic rings. The first-order valence-corrected chi connectivity index (χ1v) is 6.01. The summed E-state index contributed by atoms with van der Waals surface area (Å²) in [4.78, 5) is 12.1. The van der Waals surface area contributed by atoms with E-state index >= 15 is 0 Å². The SMILES string of the molecule is CCc1ccccc1C(=O)NC(C)(C)CCO. The molecule has 0 heterocycles. The van der Waals surface area contributed by atoms with E-state index in [1.165, 1.54) is 0 Å². The first kappa shape index (κ1) is 13.7. The van der Waals surface area contributed by atoms with Crippen LogP contribution in [-0.2, 0) is 6.42 Å².